The largest absolute Gasteiger partial charge is 0.383 e. The van der Waals surface area contributed by atoms with Crippen LogP contribution in [-0.2, 0) is 16.0 Å². The molecular weight excluding hydrogens is 318 g/mol. The number of rotatable bonds is 6. The Hall–Kier alpha value is -1.44. The van der Waals surface area contributed by atoms with Crippen molar-refractivity contribution in [3.05, 3.63) is 18.1 Å². The fourth-order valence-electron chi connectivity index (χ4n) is 2.62. The molecule has 2 heterocycles. The van der Waals surface area contributed by atoms with Gasteiger partial charge in [0.2, 0.25) is 5.91 Å². The van der Waals surface area contributed by atoms with Crippen molar-refractivity contribution in [1.29, 1.82) is 0 Å². The number of nitrogens with two attached hydrogens (primary N) is 1. The number of anilines is 1. The minimum absolute atomic E-state index is 0. The predicted octanol–water partition coefficient (Wildman–Crippen LogP) is 0.520. The molecule has 1 saturated heterocycles. The molecule has 2 unspecified atom stereocenters. The van der Waals surface area contributed by atoms with Crippen LogP contribution in [0.4, 0.5) is 5.82 Å². The molecule has 0 spiro atoms. The molecule has 3 N–H and O–H groups in total. The summed E-state index contributed by atoms with van der Waals surface area (Å²) < 4.78 is 4.92. The molecule has 2 rings (SSSR count). The van der Waals surface area contributed by atoms with Gasteiger partial charge in [0, 0.05) is 38.0 Å². The monoisotopic (exact) mass is 343 g/mol. The van der Waals surface area contributed by atoms with E-state index in [0.717, 1.165) is 43.9 Å². The van der Waals surface area contributed by atoms with Gasteiger partial charge in [-0.15, -0.1) is 12.4 Å². The number of aryl methyl sites for hydroxylation is 1. The minimum Gasteiger partial charge on any atom is -0.383 e. The van der Waals surface area contributed by atoms with Gasteiger partial charge in [-0.2, -0.15) is 0 Å². The molecule has 0 bridgehead atoms. The van der Waals surface area contributed by atoms with Crippen molar-refractivity contribution in [3.63, 3.8) is 0 Å². The van der Waals surface area contributed by atoms with Crippen molar-refractivity contribution < 1.29 is 9.53 Å². The van der Waals surface area contributed by atoms with Crippen LogP contribution in [0.25, 0.3) is 0 Å². The number of nitrogens with one attached hydrogen (secondary N) is 1. The Morgan fingerprint density at radius 3 is 3.04 bits per heavy atom. The van der Waals surface area contributed by atoms with Gasteiger partial charge >= 0.3 is 0 Å². The maximum absolute atomic E-state index is 12.0. The van der Waals surface area contributed by atoms with Crippen molar-refractivity contribution in [2.45, 2.75) is 38.3 Å². The lowest BCUT2D eigenvalue weighted by Crippen LogP contribution is -2.53. The molecule has 0 aromatic carbocycles. The quantitative estimate of drug-likeness (QED) is 0.782. The van der Waals surface area contributed by atoms with Crippen LogP contribution in [0.3, 0.4) is 0 Å². The average molecular weight is 344 g/mol. The second-order valence-electron chi connectivity index (χ2n) is 5.58. The SMILES string of the molecule is CCc1cc(N2CCCC(NC(=O)C(N)COC)C2)ncn1.Cl. The molecule has 2 atom stereocenters. The Morgan fingerprint density at radius 1 is 1.57 bits per heavy atom. The van der Waals surface area contributed by atoms with E-state index in [9.17, 15) is 4.79 Å². The topological polar surface area (TPSA) is 93.4 Å². The molecule has 0 radical (unpaired) electrons. The first-order valence-corrected chi connectivity index (χ1v) is 7.74. The van der Waals surface area contributed by atoms with Crippen molar-refractivity contribution >= 4 is 24.1 Å². The number of carbonyl (C=O) groups is 1. The third-order valence-corrected chi connectivity index (χ3v) is 3.85. The normalized spacial score (nSPS) is 18.9. The van der Waals surface area contributed by atoms with Gasteiger partial charge in [-0.3, -0.25) is 4.79 Å². The molecule has 1 amide bonds. The van der Waals surface area contributed by atoms with Gasteiger partial charge in [0.1, 0.15) is 18.2 Å². The Balaban J connectivity index is 0.00000264. The summed E-state index contributed by atoms with van der Waals surface area (Å²) in [5.41, 5.74) is 6.78. The van der Waals surface area contributed by atoms with E-state index in [1.54, 1.807) is 6.33 Å². The van der Waals surface area contributed by atoms with Gasteiger partial charge in [-0.05, 0) is 19.3 Å². The smallest absolute Gasteiger partial charge is 0.239 e. The lowest BCUT2D eigenvalue weighted by molar-refractivity contribution is -0.124. The van der Waals surface area contributed by atoms with E-state index in [2.05, 4.69) is 27.1 Å². The van der Waals surface area contributed by atoms with E-state index >= 15 is 0 Å². The number of carbonyl (C=O) groups excluding carboxylic acids is 1. The van der Waals surface area contributed by atoms with Gasteiger partial charge in [-0.1, -0.05) is 6.92 Å². The molecule has 8 heteroatoms. The highest BCUT2D eigenvalue weighted by atomic mass is 35.5. The van der Waals surface area contributed by atoms with Gasteiger partial charge in [0.05, 0.1) is 6.61 Å². The maximum atomic E-state index is 12.0. The standard InChI is InChI=1S/C15H25N5O2.ClH/c1-3-11-7-14(18-10-17-11)20-6-4-5-12(8-20)19-15(21)13(16)9-22-2;/h7,10,12-13H,3-6,8-9,16H2,1-2H3,(H,19,21);1H. The van der Waals surface area contributed by atoms with Crippen LogP contribution in [0.15, 0.2) is 12.4 Å². The third-order valence-electron chi connectivity index (χ3n) is 3.85. The fourth-order valence-corrected chi connectivity index (χ4v) is 2.62. The molecule has 130 valence electrons. The van der Waals surface area contributed by atoms with Crippen molar-refractivity contribution in [3.8, 4) is 0 Å². The molecule has 0 saturated carbocycles. The zero-order valence-electron chi connectivity index (χ0n) is 13.7. The summed E-state index contributed by atoms with van der Waals surface area (Å²) >= 11 is 0. The number of hydrogen-bond acceptors (Lipinski definition) is 6. The third kappa shape index (κ3) is 5.60. The Morgan fingerprint density at radius 2 is 2.35 bits per heavy atom. The Kier molecular flexibility index (Phi) is 8.22. The van der Waals surface area contributed by atoms with E-state index in [1.165, 1.54) is 7.11 Å². The number of amides is 1. The summed E-state index contributed by atoms with van der Waals surface area (Å²) in [5.74, 6) is 0.762. The minimum atomic E-state index is -0.619. The molecule has 1 fully saturated rings. The van der Waals surface area contributed by atoms with Gasteiger partial charge < -0.3 is 20.7 Å². The van der Waals surface area contributed by atoms with E-state index in [-0.39, 0.29) is 31.0 Å². The zero-order valence-corrected chi connectivity index (χ0v) is 14.5. The van der Waals surface area contributed by atoms with Gasteiger partial charge in [0.25, 0.3) is 0 Å². The summed E-state index contributed by atoms with van der Waals surface area (Å²) in [6.45, 7) is 3.98. The van der Waals surface area contributed by atoms with Gasteiger partial charge in [-0.25, -0.2) is 9.97 Å². The van der Waals surface area contributed by atoms with Crippen LogP contribution in [0, 0.1) is 0 Å². The molecule has 1 aliphatic rings. The summed E-state index contributed by atoms with van der Waals surface area (Å²) in [5, 5.41) is 3.00. The number of methoxy groups -OCH3 is 1. The van der Waals surface area contributed by atoms with Crippen LogP contribution in [0.1, 0.15) is 25.5 Å². The van der Waals surface area contributed by atoms with E-state index in [1.807, 2.05) is 6.07 Å². The second kappa shape index (κ2) is 9.64. The second-order valence-corrected chi connectivity index (χ2v) is 5.58. The number of halogens is 1. The van der Waals surface area contributed by atoms with Crippen LogP contribution < -0.4 is 16.0 Å². The highest BCUT2D eigenvalue weighted by Gasteiger charge is 2.24. The number of piperidine rings is 1. The zero-order chi connectivity index (χ0) is 15.9. The average Bonchev–Trinajstić information content (AvgIpc) is 2.55. The number of aromatic nitrogens is 2. The fraction of sp³-hybridized carbons (Fsp3) is 0.667. The van der Waals surface area contributed by atoms with E-state index in [0.29, 0.717) is 0 Å². The summed E-state index contributed by atoms with van der Waals surface area (Å²) in [4.78, 5) is 22.7. The Labute approximate surface area is 143 Å². The molecular formula is C15H26ClN5O2. The maximum Gasteiger partial charge on any atom is 0.239 e. The first kappa shape index (κ1) is 19.6. The molecule has 0 aliphatic carbocycles. The van der Waals surface area contributed by atoms with E-state index < -0.39 is 6.04 Å². The summed E-state index contributed by atoms with van der Waals surface area (Å²) in [7, 11) is 1.54. The van der Waals surface area contributed by atoms with Crippen molar-refractivity contribution in [1.82, 2.24) is 15.3 Å². The van der Waals surface area contributed by atoms with Crippen LogP contribution in [-0.4, -0.2) is 54.8 Å². The molecule has 23 heavy (non-hydrogen) atoms. The lowest BCUT2D eigenvalue weighted by Gasteiger charge is -2.34. The number of ether oxygens (including phenoxy) is 1. The molecule has 1 aliphatic heterocycles. The van der Waals surface area contributed by atoms with Crippen molar-refractivity contribution in [2.24, 2.45) is 5.73 Å². The van der Waals surface area contributed by atoms with Gasteiger partial charge in [0.15, 0.2) is 0 Å². The molecule has 1 aromatic heterocycles. The van der Waals surface area contributed by atoms with E-state index in [4.69, 9.17) is 10.5 Å². The first-order chi connectivity index (χ1) is 10.6. The van der Waals surface area contributed by atoms with Crippen LogP contribution in [0.5, 0.6) is 0 Å². The summed E-state index contributed by atoms with van der Waals surface area (Å²) in [6, 6.07) is 1.48. The van der Waals surface area contributed by atoms with Crippen LogP contribution in [0.2, 0.25) is 0 Å². The molecule has 1 aromatic rings. The van der Waals surface area contributed by atoms with Crippen molar-refractivity contribution in [2.75, 3.05) is 31.7 Å². The predicted molar refractivity (Wildman–Crippen MR) is 91.9 cm³/mol. The number of nitrogens with zero attached hydrogens (tertiary/aromatic N) is 3. The lowest BCUT2D eigenvalue weighted by atomic mass is 10.1. The number of hydrogen-bond donors (Lipinski definition) is 2. The van der Waals surface area contributed by atoms with Crippen LogP contribution >= 0.6 is 12.4 Å². The first-order valence-electron chi connectivity index (χ1n) is 7.74. The molecule has 7 nitrogen and oxygen atoms in total. The highest BCUT2D eigenvalue weighted by molar-refractivity contribution is 5.85. The highest BCUT2D eigenvalue weighted by Crippen LogP contribution is 2.18. The Bertz CT molecular complexity index is 503. The summed E-state index contributed by atoms with van der Waals surface area (Å²) in [6.07, 6.45) is 4.45.